The fraction of sp³-hybridized carbons (Fsp3) is 0.500. The zero-order valence-electron chi connectivity index (χ0n) is 16.1. The van der Waals surface area contributed by atoms with E-state index in [2.05, 4.69) is 62.8 Å². The Morgan fingerprint density at radius 1 is 1.37 bits per heavy atom. The van der Waals surface area contributed by atoms with Gasteiger partial charge in [-0.3, -0.25) is 4.99 Å². The molecule has 0 spiro atoms. The smallest absolute Gasteiger partial charge is 0.193 e. The second kappa shape index (κ2) is 11.9. The second-order valence-corrected chi connectivity index (χ2v) is 8.57. The van der Waals surface area contributed by atoms with Gasteiger partial charge in [-0.2, -0.15) is 0 Å². The summed E-state index contributed by atoms with van der Waals surface area (Å²) in [4.78, 5) is 12.9. The number of guanidine groups is 1. The van der Waals surface area contributed by atoms with E-state index in [4.69, 9.17) is 0 Å². The average molecular weight is 517 g/mol. The molecule has 1 fully saturated rings. The Morgan fingerprint density at radius 2 is 2.19 bits per heavy atom. The number of nitrogens with one attached hydrogen (secondary N) is 1. The SMILES string of the molecule is CCc1nc(CCNC(=NC)N2CCC(CSc3ccccc3)C2)cs1.I. The lowest BCUT2D eigenvalue weighted by molar-refractivity contribution is 0.474. The molecular formula is C20H29IN4S2. The number of nitrogens with zero attached hydrogens (tertiary/aromatic N) is 3. The van der Waals surface area contributed by atoms with Crippen molar-refractivity contribution in [3.8, 4) is 0 Å². The number of aromatic nitrogens is 1. The molecule has 0 radical (unpaired) electrons. The van der Waals surface area contributed by atoms with Crippen molar-refractivity contribution in [1.29, 1.82) is 0 Å². The van der Waals surface area contributed by atoms with Crippen LogP contribution in [-0.2, 0) is 12.8 Å². The van der Waals surface area contributed by atoms with Crippen LogP contribution >= 0.6 is 47.1 Å². The van der Waals surface area contributed by atoms with Crippen molar-refractivity contribution in [3.05, 3.63) is 46.4 Å². The number of aliphatic imine (C=N–C) groups is 1. The Kier molecular flexibility index (Phi) is 9.92. The number of halogens is 1. The molecule has 1 saturated heterocycles. The maximum atomic E-state index is 4.64. The van der Waals surface area contributed by atoms with E-state index in [1.165, 1.54) is 27.8 Å². The molecule has 2 aromatic rings. The molecule has 0 saturated carbocycles. The van der Waals surface area contributed by atoms with Gasteiger partial charge in [-0.15, -0.1) is 47.1 Å². The maximum absolute atomic E-state index is 4.64. The molecule has 1 N–H and O–H groups in total. The Balaban J connectivity index is 0.00000261. The topological polar surface area (TPSA) is 40.5 Å². The highest BCUT2D eigenvalue weighted by atomic mass is 127. The number of likely N-dealkylation sites (tertiary alicyclic amines) is 1. The number of hydrogen-bond acceptors (Lipinski definition) is 4. The van der Waals surface area contributed by atoms with Crippen LogP contribution in [0.15, 0.2) is 45.6 Å². The van der Waals surface area contributed by atoms with Gasteiger partial charge in [-0.1, -0.05) is 25.1 Å². The summed E-state index contributed by atoms with van der Waals surface area (Å²) in [6, 6.07) is 10.7. The van der Waals surface area contributed by atoms with Crippen LogP contribution in [0.5, 0.6) is 0 Å². The Labute approximate surface area is 188 Å². The molecule has 7 heteroatoms. The van der Waals surface area contributed by atoms with Gasteiger partial charge in [0.1, 0.15) is 0 Å². The lowest BCUT2D eigenvalue weighted by Gasteiger charge is -2.21. The van der Waals surface area contributed by atoms with Crippen molar-refractivity contribution in [1.82, 2.24) is 15.2 Å². The van der Waals surface area contributed by atoms with Crippen LogP contribution in [0.4, 0.5) is 0 Å². The molecule has 148 valence electrons. The summed E-state index contributed by atoms with van der Waals surface area (Å²) < 4.78 is 0. The van der Waals surface area contributed by atoms with Gasteiger partial charge in [0.15, 0.2) is 5.96 Å². The van der Waals surface area contributed by atoms with Crippen LogP contribution in [0.25, 0.3) is 0 Å². The van der Waals surface area contributed by atoms with Crippen LogP contribution in [0.1, 0.15) is 24.0 Å². The zero-order chi connectivity index (χ0) is 18.2. The number of rotatable bonds is 7. The first kappa shape index (κ1) is 22.5. The van der Waals surface area contributed by atoms with Crippen molar-refractivity contribution in [2.45, 2.75) is 31.1 Å². The quantitative estimate of drug-likeness (QED) is 0.254. The van der Waals surface area contributed by atoms with E-state index in [0.29, 0.717) is 0 Å². The minimum atomic E-state index is 0. The molecule has 0 bridgehead atoms. The summed E-state index contributed by atoms with van der Waals surface area (Å²) in [5.74, 6) is 2.93. The van der Waals surface area contributed by atoms with Crippen LogP contribution < -0.4 is 5.32 Å². The molecule has 3 rings (SSSR count). The van der Waals surface area contributed by atoms with E-state index < -0.39 is 0 Å². The molecule has 0 amide bonds. The zero-order valence-corrected chi connectivity index (χ0v) is 20.0. The Bertz CT molecular complexity index is 705. The third kappa shape index (κ3) is 6.94. The van der Waals surface area contributed by atoms with Gasteiger partial charge in [0.2, 0.25) is 0 Å². The highest BCUT2D eigenvalue weighted by Crippen LogP contribution is 2.25. The van der Waals surface area contributed by atoms with Gasteiger partial charge in [0, 0.05) is 49.1 Å². The van der Waals surface area contributed by atoms with E-state index in [1.807, 2.05) is 18.8 Å². The number of hydrogen-bond donors (Lipinski definition) is 1. The van der Waals surface area contributed by atoms with Gasteiger partial charge in [-0.05, 0) is 30.9 Å². The normalized spacial score (nSPS) is 17.0. The predicted octanol–water partition coefficient (Wildman–Crippen LogP) is 4.56. The molecule has 1 aromatic heterocycles. The molecule has 1 aliphatic rings. The Hall–Kier alpha value is -0.800. The van der Waals surface area contributed by atoms with Gasteiger partial charge in [-0.25, -0.2) is 4.98 Å². The minimum Gasteiger partial charge on any atom is -0.356 e. The summed E-state index contributed by atoms with van der Waals surface area (Å²) in [6.07, 6.45) is 3.22. The third-order valence-corrected chi connectivity index (χ3v) is 6.88. The van der Waals surface area contributed by atoms with Gasteiger partial charge < -0.3 is 10.2 Å². The number of thiazole rings is 1. The standard InChI is InChI=1S/C20H28N4S2.HI/c1-3-19-23-17(15-26-19)9-11-22-20(21-2)24-12-10-16(13-24)14-25-18-7-5-4-6-8-18;/h4-8,15-16H,3,9-14H2,1-2H3,(H,21,22);1H. The van der Waals surface area contributed by atoms with Gasteiger partial charge in [0.25, 0.3) is 0 Å². The number of thioether (sulfide) groups is 1. The lowest BCUT2D eigenvalue weighted by Crippen LogP contribution is -2.41. The lowest BCUT2D eigenvalue weighted by atomic mass is 10.2. The summed E-state index contributed by atoms with van der Waals surface area (Å²) in [5.41, 5.74) is 1.19. The highest BCUT2D eigenvalue weighted by Gasteiger charge is 2.24. The van der Waals surface area contributed by atoms with E-state index >= 15 is 0 Å². The van der Waals surface area contributed by atoms with Gasteiger partial charge >= 0.3 is 0 Å². The first-order valence-electron chi connectivity index (χ1n) is 9.35. The summed E-state index contributed by atoms with van der Waals surface area (Å²) in [7, 11) is 1.88. The first-order chi connectivity index (χ1) is 12.8. The fourth-order valence-electron chi connectivity index (χ4n) is 3.15. The second-order valence-electron chi connectivity index (χ2n) is 6.53. The minimum absolute atomic E-state index is 0. The van der Waals surface area contributed by atoms with Crippen LogP contribution in [0.2, 0.25) is 0 Å². The molecule has 1 aromatic carbocycles. The molecule has 1 unspecified atom stereocenters. The van der Waals surface area contributed by atoms with E-state index in [-0.39, 0.29) is 24.0 Å². The molecule has 1 aliphatic heterocycles. The summed E-state index contributed by atoms with van der Waals surface area (Å²) in [6.45, 7) is 5.23. The Morgan fingerprint density at radius 3 is 2.89 bits per heavy atom. The first-order valence-corrected chi connectivity index (χ1v) is 11.2. The van der Waals surface area contributed by atoms with Crippen LogP contribution in [-0.4, -0.2) is 48.3 Å². The highest BCUT2D eigenvalue weighted by molar-refractivity contribution is 14.0. The maximum Gasteiger partial charge on any atom is 0.193 e. The van der Waals surface area contributed by atoms with Crippen LogP contribution in [0.3, 0.4) is 0 Å². The van der Waals surface area contributed by atoms with E-state index in [9.17, 15) is 0 Å². The van der Waals surface area contributed by atoms with Crippen molar-refractivity contribution >= 4 is 53.0 Å². The monoisotopic (exact) mass is 516 g/mol. The van der Waals surface area contributed by atoms with Crippen molar-refractivity contribution in [2.75, 3.05) is 32.4 Å². The summed E-state index contributed by atoms with van der Waals surface area (Å²) >= 11 is 3.73. The fourth-order valence-corrected chi connectivity index (χ4v) is 4.98. The molecular weight excluding hydrogens is 487 g/mol. The number of aryl methyl sites for hydroxylation is 1. The molecule has 4 nitrogen and oxygen atoms in total. The van der Waals surface area contributed by atoms with E-state index in [0.717, 1.165) is 44.4 Å². The third-order valence-electron chi connectivity index (χ3n) is 4.59. The largest absolute Gasteiger partial charge is 0.356 e. The van der Waals surface area contributed by atoms with Gasteiger partial charge in [0.05, 0.1) is 10.7 Å². The summed E-state index contributed by atoms with van der Waals surface area (Å²) in [5, 5.41) is 6.92. The predicted molar refractivity (Wildman–Crippen MR) is 129 cm³/mol. The average Bonchev–Trinajstić information content (AvgIpc) is 3.34. The van der Waals surface area contributed by atoms with Crippen LogP contribution in [0, 0.1) is 5.92 Å². The van der Waals surface area contributed by atoms with E-state index in [1.54, 1.807) is 11.3 Å². The number of benzene rings is 1. The van der Waals surface area contributed by atoms with Crippen molar-refractivity contribution < 1.29 is 0 Å². The van der Waals surface area contributed by atoms with Crippen molar-refractivity contribution in [2.24, 2.45) is 10.9 Å². The molecule has 2 heterocycles. The molecule has 0 aliphatic carbocycles. The molecule has 1 atom stereocenters. The molecule has 27 heavy (non-hydrogen) atoms. The van der Waals surface area contributed by atoms with Crippen molar-refractivity contribution in [3.63, 3.8) is 0 Å².